The highest BCUT2D eigenvalue weighted by atomic mass is 16.6. The molecule has 2 aromatic carbocycles. The fourth-order valence-corrected chi connectivity index (χ4v) is 2.32. The van der Waals surface area contributed by atoms with Crippen molar-refractivity contribution in [3.63, 3.8) is 0 Å². The van der Waals surface area contributed by atoms with Crippen molar-refractivity contribution in [2.75, 3.05) is 20.3 Å². The summed E-state index contributed by atoms with van der Waals surface area (Å²) in [6, 6.07) is 13.2. The Morgan fingerprint density at radius 1 is 1.25 bits per heavy atom. The molecule has 2 rings (SSSR count). The zero-order valence-corrected chi connectivity index (χ0v) is 13.2. The molecule has 0 aliphatic heterocycles. The maximum Gasteiger partial charge on any atom is 0.270 e. The molecule has 0 unspecified atom stereocenters. The smallest absolute Gasteiger partial charge is 0.270 e. The number of ether oxygens (including phenoxy) is 1. The number of hydrogen-bond acceptors (Lipinski definition) is 5. The molecular formula is C17H18N2O5. The average Bonchev–Trinajstić information content (AvgIpc) is 2.61. The monoisotopic (exact) mass is 330 g/mol. The zero-order chi connectivity index (χ0) is 17.5. The molecular weight excluding hydrogens is 312 g/mol. The molecule has 0 aromatic heterocycles. The van der Waals surface area contributed by atoms with E-state index in [4.69, 9.17) is 4.74 Å². The van der Waals surface area contributed by atoms with Crippen LogP contribution in [0.2, 0.25) is 0 Å². The molecule has 126 valence electrons. The van der Waals surface area contributed by atoms with Crippen LogP contribution < -0.4 is 4.74 Å². The summed E-state index contributed by atoms with van der Waals surface area (Å²) in [4.78, 5) is 24.6. The summed E-state index contributed by atoms with van der Waals surface area (Å²) in [5.74, 6) is -0.185. The Kier molecular flexibility index (Phi) is 5.86. The standard InChI is InChI=1S/C17H18N2O5/c1-24-16-8-7-14(19(22)23)11-15(16)17(21)18(9-10-20)12-13-5-3-2-4-6-13/h2-8,11,20H,9-10,12H2,1H3. The summed E-state index contributed by atoms with van der Waals surface area (Å²) >= 11 is 0. The molecule has 0 heterocycles. The third-order valence-electron chi connectivity index (χ3n) is 3.50. The Bertz CT molecular complexity index is 718. The minimum Gasteiger partial charge on any atom is -0.496 e. The van der Waals surface area contributed by atoms with Crippen molar-refractivity contribution in [1.82, 2.24) is 4.90 Å². The number of nitro groups is 1. The first kappa shape index (κ1) is 17.4. The van der Waals surface area contributed by atoms with Gasteiger partial charge in [-0.15, -0.1) is 0 Å². The number of nitrogens with zero attached hydrogens (tertiary/aromatic N) is 2. The van der Waals surface area contributed by atoms with Gasteiger partial charge in [0.15, 0.2) is 0 Å². The SMILES string of the molecule is COc1ccc([N+](=O)[O-])cc1C(=O)N(CCO)Cc1ccccc1. The van der Waals surface area contributed by atoms with Crippen LogP contribution in [-0.4, -0.2) is 41.1 Å². The number of amides is 1. The van der Waals surface area contributed by atoms with Gasteiger partial charge in [-0.1, -0.05) is 30.3 Å². The van der Waals surface area contributed by atoms with Crippen molar-refractivity contribution in [3.8, 4) is 5.75 Å². The third kappa shape index (κ3) is 4.08. The highest BCUT2D eigenvalue weighted by molar-refractivity contribution is 5.97. The summed E-state index contributed by atoms with van der Waals surface area (Å²) in [5.41, 5.74) is 0.794. The quantitative estimate of drug-likeness (QED) is 0.621. The Morgan fingerprint density at radius 3 is 2.54 bits per heavy atom. The Hall–Kier alpha value is -2.93. The molecule has 0 spiro atoms. The maximum atomic E-state index is 12.8. The number of non-ortho nitro benzene ring substituents is 1. The van der Waals surface area contributed by atoms with Crippen LogP contribution in [0.5, 0.6) is 5.75 Å². The second kappa shape index (κ2) is 8.07. The minimum atomic E-state index is -0.566. The number of aliphatic hydroxyl groups is 1. The number of carbonyl (C=O) groups excluding carboxylic acids is 1. The molecule has 0 radical (unpaired) electrons. The topological polar surface area (TPSA) is 92.9 Å². The van der Waals surface area contributed by atoms with Gasteiger partial charge < -0.3 is 14.7 Å². The lowest BCUT2D eigenvalue weighted by molar-refractivity contribution is -0.384. The Balaban J connectivity index is 2.35. The van der Waals surface area contributed by atoms with Gasteiger partial charge in [0, 0.05) is 25.2 Å². The molecule has 0 saturated carbocycles. The van der Waals surface area contributed by atoms with Crippen LogP contribution in [0.25, 0.3) is 0 Å². The predicted molar refractivity (Wildman–Crippen MR) is 87.9 cm³/mol. The van der Waals surface area contributed by atoms with Crippen molar-refractivity contribution < 1.29 is 19.6 Å². The number of nitro benzene ring substituents is 1. The van der Waals surface area contributed by atoms with E-state index in [0.29, 0.717) is 0 Å². The Labute approximate surface area is 139 Å². The fraction of sp³-hybridized carbons (Fsp3) is 0.235. The van der Waals surface area contributed by atoms with Crippen LogP contribution in [0.1, 0.15) is 15.9 Å². The van der Waals surface area contributed by atoms with Gasteiger partial charge in [-0.05, 0) is 11.6 Å². The summed E-state index contributed by atoms with van der Waals surface area (Å²) < 4.78 is 5.15. The highest BCUT2D eigenvalue weighted by Gasteiger charge is 2.22. The molecule has 7 heteroatoms. The van der Waals surface area contributed by atoms with Gasteiger partial charge in [-0.25, -0.2) is 0 Å². The molecule has 1 amide bonds. The highest BCUT2D eigenvalue weighted by Crippen LogP contribution is 2.25. The number of methoxy groups -OCH3 is 1. The van der Waals surface area contributed by atoms with E-state index >= 15 is 0 Å². The molecule has 0 fully saturated rings. The summed E-state index contributed by atoms with van der Waals surface area (Å²) in [5, 5.41) is 20.2. The summed E-state index contributed by atoms with van der Waals surface area (Å²) in [7, 11) is 1.39. The largest absolute Gasteiger partial charge is 0.496 e. The van der Waals surface area contributed by atoms with Gasteiger partial charge in [0.1, 0.15) is 5.75 Å². The van der Waals surface area contributed by atoms with Crippen LogP contribution in [0, 0.1) is 10.1 Å². The van der Waals surface area contributed by atoms with Crippen molar-refractivity contribution in [2.24, 2.45) is 0 Å². The van der Waals surface area contributed by atoms with Crippen LogP contribution in [0.3, 0.4) is 0 Å². The molecule has 0 aliphatic rings. The van der Waals surface area contributed by atoms with E-state index in [9.17, 15) is 20.0 Å². The summed E-state index contributed by atoms with van der Waals surface area (Å²) in [6.07, 6.45) is 0. The maximum absolute atomic E-state index is 12.8. The first-order valence-corrected chi connectivity index (χ1v) is 7.33. The fourth-order valence-electron chi connectivity index (χ4n) is 2.32. The van der Waals surface area contributed by atoms with Gasteiger partial charge in [0.05, 0.1) is 24.2 Å². The van der Waals surface area contributed by atoms with E-state index in [1.807, 2.05) is 30.3 Å². The lowest BCUT2D eigenvalue weighted by atomic mass is 10.1. The first-order chi connectivity index (χ1) is 11.6. The van der Waals surface area contributed by atoms with Crippen molar-refractivity contribution in [2.45, 2.75) is 6.54 Å². The van der Waals surface area contributed by atoms with Crippen molar-refractivity contribution in [1.29, 1.82) is 0 Å². The zero-order valence-electron chi connectivity index (χ0n) is 13.2. The van der Waals surface area contributed by atoms with Crippen LogP contribution in [-0.2, 0) is 6.54 Å². The van der Waals surface area contributed by atoms with Gasteiger partial charge in [-0.2, -0.15) is 0 Å². The van der Waals surface area contributed by atoms with E-state index in [0.717, 1.165) is 5.56 Å². The normalized spacial score (nSPS) is 10.2. The minimum absolute atomic E-state index is 0.0936. The first-order valence-electron chi connectivity index (χ1n) is 7.33. The summed E-state index contributed by atoms with van der Waals surface area (Å²) in [6.45, 7) is 0.182. The van der Waals surface area contributed by atoms with Crippen LogP contribution in [0.15, 0.2) is 48.5 Å². The molecule has 24 heavy (non-hydrogen) atoms. The molecule has 0 bridgehead atoms. The predicted octanol–water partition coefficient (Wildman–Crippen LogP) is 2.24. The van der Waals surface area contributed by atoms with Crippen LogP contribution in [0.4, 0.5) is 5.69 Å². The van der Waals surface area contributed by atoms with Crippen molar-refractivity contribution >= 4 is 11.6 Å². The van der Waals surface area contributed by atoms with Gasteiger partial charge in [0.25, 0.3) is 11.6 Å². The van der Waals surface area contributed by atoms with Gasteiger partial charge in [0.2, 0.25) is 0 Å². The van der Waals surface area contributed by atoms with Gasteiger partial charge >= 0.3 is 0 Å². The lowest BCUT2D eigenvalue weighted by Crippen LogP contribution is -2.33. The van der Waals surface area contributed by atoms with Crippen LogP contribution >= 0.6 is 0 Å². The molecule has 1 N–H and O–H groups in total. The molecule has 0 saturated heterocycles. The average molecular weight is 330 g/mol. The number of aliphatic hydroxyl groups excluding tert-OH is 1. The second-order valence-electron chi connectivity index (χ2n) is 5.08. The Morgan fingerprint density at radius 2 is 1.96 bits per heavy atom. The van der Waals surface area contributed by atoms with E-state index in [1.165, 1.54) is 30.2 Å². The molecule has 2 aromatic rings. The molecule has 0 atom stereocenters. The second-order valence-corrected chi connectivity index (χ2v) is 5.08. The third-order valence-corrected chi connectivity index (χ3v) is 3.50. The number of hydrogen-bond donors (Lipinski definition) is 1. The number of carbonyl (C=O) groups is 1. The van der Waals surface area contributed by atoms with Crippen molar-refractivity contribution in [3.05, 3.63) is 69.8 Å². The lowest BCUT2D eigenvalue weighted by Gasteiger charge is -2.23. The van der Waals surface area contributed by atoms with E-state index in [-0.39, 0.29) is 36.7 Å². The molecule has 0 aliphatic carbocycles. The van der Waals surface area contributed by atoms with E-state index < -0.39 is 10.8 Å². The molecule has 7 nitrogen and oxygen atoms in total. The number of rotatable bonds is 7. The van der Waals surface area contributed by atoms with E-state index in [1.54, 1.807) is 0 Å². The van der Waals surface area contributed by atoms with E-state index in [2.05, 4.69) is 0 Å². The number of benzene rings is 2. The van der Waals surface area contributed by atoms with Gasteiger partial charge in [-0.3, -0.25) is 14.9 Å².